The summed E-state index contributed by atoms with van der Waals surface area (Å²) in [4.78, 5) is 14.2. The van der Waals surface area contributed by atoms with E-state index in [0.29, 0.717) is 13.1 Å². The lowest BCUT2D eigenvalue weighted by Crippen LogP contribution is -2.44. The van der Waals surface area contributed by atoms with Crippen molar-refractivity contribution in [2.75, 3.05) is 38.7 Å². The van der Waals surface area contributed by atoms with E-state index in [0.717, 1.165) is 26.1 Å². The van der Waals surface area contributed by atoms with Gasteiger partial charge in [0.05, 0.1) is 6.54 Å². The molecule has 0 aliphatic carbocycles. The number of carbonyl (C=O) groups excluding carboxylic acids is 1. The highest BCUT2D eigenvalue weighted by Gasteiger charge is 2.23. The van der Waals surface area contributed by atoms with Gasteiger partial charge in [-0.05, 0) is 12.0 Å². The Balaban J connectivity index is 1.67. The van der Waals surface area contributed by atoms with Crippen molar-refractivity contribution in [3.8, 4) is 0 Å². The predicted octanol–water partition coefficient (Wildman–Crippen LogP) is 1.29. The molecule has 2 N–H and O–H groups in total. The molecular formula is C16H26N4O2S. The quantitative estimate of drug-likeness (QED) is 0.768. The SMILES string of the molecule is CS(C)(=O)=NCCNC(=O)N[C@H]1CCN(Cc2ccccc2)C1. The Kier molecular flexibility index (Phi) is 6.41. The first-order valence-corrected chi connectivity index (χ1v) is 10.2. The van der Waals surface area contributed by atoms with Gasteiger partial charge in [-0.2, -0.15) is 0 Å². The second kappa shape index (κ2) is 8.31. The number of urea groups is 1. The first kappa shape index (κ1) is 17.7. The number of hydrogen-bond donors (Lipinski definition) is 2. The molecule has 1 fully saturated rings. The van der Waals surface area contributed by atoms with Gasteiger partial charge >= 0.3 is 6.03 Å². The highest BCUT2D eigenvalue weighted by molar-refractivity contribution is 7.92. The summed E-state index contributed by atoms with van der Waals surface area (Å²) in [5.41, 5.74) is 1.29. The van der Waals surface area contributed by atoms with Crippen LogP contribution in [0.2, 0.25) is 0 Å². The van der Waals surface area contributed by atoms with Crippen LogP contribution in [0.15, 0.2) is 34.7 Å². The van der Waals surface area contributed by atoms with Gasteiger partial charge in [0.25, 0.3) is 0 Å². The maximum Gasteiger partial charge on any atom is 0.315 e. The summed E-state index contributed by atoms with van der Waals surface area (Å²) in [7, 11) is -2.08. The van der Waals surface area contributed by atoms with Crippen LogP contribution < -0.4 is 10.6 Å². The van der Waals surface area contributed by atoms with E-state index in [-0.39, 0.29) is 12.1 Å². The number of benzene rings is 1. The Morgan fingerprint density at radius 2 is 2.09 bits per heavy atom. The molecule has 1 aliphatic heterocycles. The molecule has 1 saturated heterocycles. The van der Waals surface area contributed by atoms with Gasteiger partial charge in [-0.1, -0.05) is 30.3 Å². The Bertz CT molecular complexity index is 618. The summed E-state index contributed by atoms with van der Waals surface area (Å²) in [6, 6.07) is 10.4. The monoisotopic (exact) mass is 338 g/mol. The summed E-state index contributed by atoms with van der Waals surface area (Å²) in [6.45, 7) is 3.56. The molecule has 0 bridgehead atoms. The molecule has 1 aliphatic rings. The highest BCUT2D eigenvalue weighted by Crippen LogP contribution is 2.13. The molecular weight excluding hydrogens is 312 g/mol. The molecule has 0 radical (unpaired) electrons. The number of amides is 2. The molecule has 128 valence electrons. The number of nitrogens with one attached hydrogen (secondary N) is 2. The summed E-state index contributed by atoms with van der Waals surface area (Å²) < 4.78 is 15.4. The Labute approximate surface area is 138 Å². The van der Waals surface area contributed by atoms with Crippen molar-refractivity contribution in [1.29, 1.82) is 0 Å². The van der Waals surface area contributed by atoms with Crippen LogP contribution in [-0.2, 0) is 16.3 Å². The van der Waals surface area contributed by atoms with E-state index in [4.69, 9.17) is 0 Å². The minimum Gasteiger partial charge on any atom is -0.336 e. The van der Waals surface area contributed by atoms with Gasteiger partial charge in [0.1, 0.15) is 0 Å². The third kappa shape index (κ3) is 7.00. The summed E-state index contributed by atoms with van der Waals surface area (Å²) >= 11 is 0. The van der Waals surface area contributed by atoms with Crippen LogP contribution in [0.5, 0.6) is 0 Å². The lowest BCUT2D eigenvalue weighted by Gasteiger charge is -2.17. The van der Waals surface area contributed by atoms with Crippen LogP contribution in [0.4, 0.5) is 4.79 Å². The fourth-order valence-corrected chi connectivity index (χ4v) is 3.14. The lowest BCUT2D eigenvalue weighted by molar-refractivity contribution is 0.236. The fourth-order valence-electron chi connectivity index (χ4n) is 2.61. The van der Waals surface area contributed by atoms with Crippen molar-refractivity contribution in [2.45, 2.75) is 19.0 Å². The Morgan fingerprint density at radius 3 is 2.78 bits per heavy atom. The molecule has 2 rings (SSSR count). The van der Waals surface area contributed by atoms with Crippen molar-refractivity contribution in [3.63, 3.8) is 0 Å². The number of rotatable bonds is 6. The van der Waals surface area contributed by atoms with E-state index < -0.39 is 9.73 Å². The second-order valence-corrected chi connectivity index (χ2v) is 8.76. The minimum absolute atomic E-state index is 0.175. The molecule has 0 aromatic heterocycles. The molecule has 0 spiro atoms. The van der Waals surface area contributed by atoms with Crippen molar-refractivity contribution in [2.24, 2.45) is 4.36 Å². The summed E-state index contributed by atoms with van der Waals surface area (Å²) in [5.74, 6) is 0. The number of hydrogen-bond acceptors (Lipinski definition) is 4. The lowest BCUT2D eigenvalue weighted by atomic mass is 10.2. The maximum atomic E-state index is 11.8. The molecule has 1 heterocycles. The molecule has 0 unspecified atom stereocenters. The molecule has 2 amide bonds. The number of nitrogens with zero attached hydrogens (tertiary/aromatic N) is 2. The molecule has 1 aromatic rings. The number of carbonyl (C=O) groups is 1. The standard InChI is InChI=1S/C16H26N4O2S/c1-23(2,22)18-10-9-17-16(21)19-15-8-11-20(13-15)12-14-6-4-3-5-7-14/h3-7,15H,8-13H2,1-2H3,(H2,17,19,21)/t15-/m0/s1. The zero-order chi connectivity index (χ0) is 16.7. The zero-order valence-corrected chi connectivity index (χ0v) is 14.6. The Hall–Kier alpha value is -1.60. The van der Waals surface area contributed by atoms with Gasteiger partial charge in [-0.3, -0.25) is 9.11 Å². The Morgan fingerprint density at radius 1 is 1.35 bits per heavy atom. The normalized spacial score (nSPS) is 18.6. The molecule has 7 heteroatoms. The first-order chi connectivity index (χ1) is 10.9. The van der Waals surface area contributed by atoms with E-state index in [1.165, 1.54) is 5.56 Å². The van der Waals surface area contributed by atoms with Crippen LogP contribution in [0.25, 0.3) is 0 Å². The molecule has 1 aromatic carbocycles. The molecule has 1 atom stereocenters. The fraction of sp³-hybridized carbons (Fsp3) is 0.562. The van der Waals surface area contributed by atoms with E-state index in [1.807, 2.05) is 18.2 Å². The third-order valence-electron chi connectivity index (χ3n) is 3.66. The summed E-state index contributed by atoms with van der Waals surface area (Å²) in [5, 5.41) is 5.75. The molecule has 23 heavy (non-hydrogen) atoms. The van der Waals surface area contributed by atoms with Gasteiger partial charge in [-0.25, -0.2) is 9.16 Å². The number of likely N-dealkylation sites (tertiary alicyclic amines) is 1. The largest absolute Gasteiger partial charge is 0.336 e. The van der Waals surface area contributed by atoms with Crippen molar-refractivity contribution in [3.05, 3.63) is 35.9 Å². The summed E-state index contributed by atoms with van der Waals surface area (Å²) in [6.07, 6.45) is 4.14. The van der Waals surface area contributed by atoms with Crippen LogP contribution in [0, 0.1) is 0 Å². The van der Waals surface area contributed by atoms with Crippen LogP contribution >= 0.6 is 0 Å². The van der Waals surface area contributed by atoms with E-state index in [1.54, 1.807) is 12.5 Å². The maximum absolute atomic E-state index is 11.8. The average molecular weight is 338 g/mol. The zero-order valence-electron chi connectivity index (χ0n) is 13.8. The molecule has 6 nitrogen and oxygen atoms in total. The smallest absolute Gasteiger partial charge is 0.315 e. The van der Waals surface area contributed by atoms with Crippen LogP contribution in [-0.4, -0.2) is 59.9 Å². The van der Waals surface area contributed by atoms with E-state index >= 15 is 0 Å². The van der Waals surface area contributed by atoms with Crippen molar-refractivity contribution < 1.29 is 9.00 Å². The van der Waals surface area contributed by atoms with Gasteiger partial charge < -0.3 is 10.6 Å². The van der Waals surface area contributed by atoms with Crippen LogP contribution in [0.1, 0.15) is 12.0 Å². The van der Waals surface area contributed by atoms with Gasteiger partial charge in [0, 0.05) is 54.5 Å². The third-order valence-corrected chi connectivity index (χ3v) is 4.46. The van der Waals surface area contributed by atoms with Crippen LogP contribution in [0.3, 0.4) is 0 Å². The minimum atomic E-state index is -2.08. The van der Waals surface area contributed by atoms with Crippen molar-refractivity contribution in [1.82, 2.24) is 15.5 Å². The van der Waals surface area contributed by atoms with E-state index in [9.17, 15) is 9.00 Å². The van der Waals surface area contributed by atoms with Gasteiger partial charge in [0.15, 0.2) is 0 Å². The predicted molar refractivity (Wildman–Crippen MR) is 93.9 cm³/mol. The topological polar surface area (TPSA) is 73.8 Å². The average Bonchev–Trinajstić information content (AvgIpc) is 2.91. The van der Waals surface area contributed by atoms with Crippen molar-refractivity contribution >= 4 is 15.8 Å². The molecule has 0 saturated carbocycles. The van der Waals surface area contributed by atoms with E-state index in [2.05, 4.69) is 32.0 Å². The van der Waals surface area contributed by atoms with Gasteiger partial charge in [-0.15, -0.1) is 0 Å². The highest BCUT2D eigenvalue weighted by atomic mass is 32.2. The first-order valence-electron chi connectivity index (χ1n) is 7.86. The van der Waals surface area contributed by atoms with Gasteiger partial charge in [0.2, 0.25) is 0 Å². The second-order valence-electron chi connectivity index (χ2n) is 6.14.